The topological polar surface area (TPSA) is 68.2 Å². The van der Waals surface area contributed by atoms with Crippen LogP contribution in [-0.4, -0.2) is 22.3 Å². The van der Waals surface area contributed by atoms with Crippen LogP contribution in [0.2, 0.25) is 0 Å². The van der Waals surface area contributed by atoms with E-state index in [-0.39, 0.29) is 24.0 Å². The molecule has 0 aliphatic carbocycles. The number of aliphatic imine (C=N–C) groups is 1. The molecule has 3 aromatic rings. The van der Waals surface area contributed by atoms with Crippen molar-refractivity contribution < 1.29 is 0 Å². The van der Waals surface area contributed by atoms with Gasteiger partial charge in [0.25, 0.3) is 0 Å². The van der Waals surface area contributed by atoms with Gasteiger partial charge < -0.3 is 11.1 Å². The van der Waals surface area contributed by atoms with Gasteiger partial charge in [0.1, 0.15) is 0 Å². The highest BCUT2D eigenvalue weighted by atomic mass is 127. The minimum atomic E-state index is 0. The van der Waals surface area contributed by atoms with Crippen molar-refractivity contribution in [2.24, 2.45) is 10.7 Å². The summed E-state index contributed by atoms with van der Waals surface area (Å²) >= 11 is 0. The molecule has 3 N–H and O–H groups in total. The van der Waals surface area contributed by atoms with Crippen molar-refractivity contribution in [3.05, 3.63) is 83.7 Å². The van der Waals surface area contributed by atoms with Gasteiger partial charge in [-0.2, -0.15) is 5.10 Å². The lowest BCUT2D eigenvalue weighted by atomic mass is 10.1. The standard InChI is InChI=1S/C20H23N5.HI/c1-16-18(15-25(24-16)19-10-6-3-7-11-19)14-23-20(21)22-13-12-17-8-4-2-5-9-17;/h2-11,15H,12-14H2,1H3,(H3,21,22,23);1H. The van der Waals surface area contributed by atoms with Crippen LogP contribution in [0.4, 0.5) is 0 Å². The second-order valence-electron chi connectivity index (χ2n) is 5.88. The molecule has 0 aliphatic heterocycles. The second-order valence-corrected chi connectivity index (χ2v) is 5.88. The number of rotatable bonds is 6. The maximum Gasteiger partial charge on any atom is 0.188 e. The molecular formula is C20H24IN5. The first-order chi connectivity index (χ1) is 12.2. The minimum Gasteiger partial charge on any atom is -0.370 e. The van der Waals surface area contributed by atoms with E-state index >= 15 is 0 Å². The van der Waals surface area contributed by atoms with Gasteiger partial charge in [-0.3, -0.25) is 0 Å². The molecule has 0 bridgehead atoms. The van der Waals surface area contributed by atoms with Crippen LogP contribution >= 0.6 is 24.0 Å². The molecule has 0 spiro atoms. The highest BCUT2D eigenvalue weighted by Crippen LogP contribution is 2.12. The first kappa shape index (κ1) is 20.0. The van der Waals surface area contributed by atoms with E-state index in [9.17, 15) is 0 Å². The third kappa shape index (κ3) is 5.59. The molecule has 0 amide bonds. The molecule has 0 aliphatic rings. The van der Waals surface area contributed by atoms with Gasteiger partial charge in [0.05, 0.1) is 17.9 Å². The number of guanidine groups is 1. The Balaban J connectivity index is 0.00000243. The number of hydrogen-bond donors (Lipinski definition) is 2. The highest BCUT2D eigenvalue weighted by molar-refractivity contribution is 14.0. The van der Waals surface area contributed by atoms with Crippen molar-refractivity contribution in [2.75, 3.05) is 6.54 Å². The third-order valence-electron chi connectivity index (χ3n) is 4.00. The molecule has 3 rings (SSSR count). The van der Waals surface area contributed by atoms with E-state index in [1.807, 2.05) is 66.3 Å². The zero-order valence-electron chi connectivity index (χ0n) is 14.8. The summed E-state index contributed by atoms with van der Waals surface area (Å²) in [5, 5.41) is 7.71. The maximum atomic E-state index is 5.97. The Morgan fingerprint density at radius 1 is 1.08 bits per heavy atom. The van der Waals surface area contributed by atoms with Crippen molar-refractivity contribution in [3.63, 3.8) is 0 Å². The van der Waals surface area contributed by atoms with E-state index in [4.69, 9.17) is 5.73 Å². The number of hydrogen-bond acceptors (Lipinski definition) is 2. The fourth-order valence-corrected chi connectivity index (χ4v) is 2.57. The first-order valence-corrected chi connectivity index (χ1v) is 8.40. The second kappa shape index (κ2) is 9.96. The molecule has 1 aromatic heterocycles. The Bertz CT molecular complexity index is 828. The lowest BCUT2D eigenvalue weighted by molar-refractivity contribution is 0.847. The summed E-state index contributed by atoms with van der Waals surface area (Å²) in [7, 11) is 0. The third-order valence-corrected chi connectivity index (χ3v) is 4.00. The van der Waals surface area contributed by atoms with E-state index in [1.54, 1.807) is 0 Å². The molecule has 0 saturated carbocycles. The van der Waals surface area contributed by atoms with Crippen LogP contribution < -0.4 is 11.1 Å². The van der Waals surface area contributed by atoms with Crippen molar-refractivity contribution in [2.45, 2.75) is 19.9 Å². The van der Waals surface area contributed by atoms with Crippen molar-refractivity contribution in [1.29, 1.82) is 0 Å². The van der Waals surface area contributed by atoms with E-state index in [0.717, 1.165) is 29.9 Å². The highest BCUT2D eigenvalue weighted by Gasteiger charge is 2.05. The molecule has 0 radical (unpaired) electrons. The smallest absolute Gasteiger partial charge is 0.188 e. The van der Waals surface area contributed by atoms with Crippen LogP contribution in [0.1, 0.15) is 16.8 Å². The maximum absolute atomic E-state index is 5.97. The van der Waals surface area contributed by atoms with Gasteiger partial charge in [-0.1, -0.05) is 48.5 Å². The van der Waals surface area contributed by atoms with Gasteiger partial charge in [-0.15, -0.1) is 24.0 Å². The Hall–Kier alpha value is -2.35. The number of nitrogens with one attached hydrogen (secondary N) is 1. The quantitative estimate of drug-likeness (QED) is 0.336. The Labute approximate surface area is 171 Å². The fourth-order valence-electron chi connectivity index (χ4n) is 2.57. The van der Waals surface area contributed by atoms with Gasteiger partial charge >= 0.3 is 0 Å². The fraction of sp³-hybridized carbons (Fsp3) is 0.200. The normalized spacial score (nSPS) is 11.0. The summed E-state index contributed by atoms with van der Waals surface area (Å²) in [4.78, 5) is 4.42. The van der Waals surface area contributed by atoms with Crippen LogP contribution in [0.5, 0.6) is 0 Å². The van der Waals surface area contributed by atoms with Crippen LogP contribution in [-0.2, 0) is 13.0 Å². The predicted octanol–water partition coefficient (Wildman–Crippen LogP) is 3.45. The van der Waals surface area contributed by atoms with Crippen molar-refractivity contribution in [1.82, 2.24) is 15.1 Å². The summed E-state index contributed by atoms with van der Waals surface area (Å²) < 4.78 is 1.87. The van der Waals surface area contributed by atoms with E-state index in [2.05, 4.69) is 27.5 Å². The zero-order chi connectivity index (χ0) is 17.5. The summed E-state index contributed by atoms with van der Waals surface area (Å²) in [6, 6.07) is 20.4. The molecule has 2 aromatic carbocycles. The van der Waals surface area contributed by atoms with Gasteiger partial charge in [-0.05, 0) is 31.0 Å². The molecule has 0 unspecified atom stereocenters. The van der Waals surface area contributed by atoms with Gasteiger partial charge in [0, 0.05) is 18.3 Å². The van der Waals surface area contributed by atoms with Crippen LogP contribution in [0.15, 0.2) is 71.9 Å². The zero-order valence-corrected chi connectivity index (χ0v) is 17.1. The van der Waals surface area contributed by atoms with Gasteiger partial charge in [0.15, 0.2) is 5.96 Å². The first-order valence-electron chi connectivity index (χ1n) is 8.40. The Kier molecular flexibility index (Phi) is 7.65. The molecule has 5 nitrogen and oxygen atoms in total. The van der Waals surface area contributed by atoms with E-state index in [1.165, 1.54) is 5.56 Å². The number of halogens is 1. The van der Waals surface area contributed by atoms with E-state index in [0.29, 0.717) is 12.5 Å². The van der Waals surface area contributed by atoms with Crippen molar-refractivity contribution >= 4 is 29.9 Å². The molecule has 0 fully saturated rings. The largest absolute Gasteiger partial charge is 0.370 e. The average Bonchev–Trinajstić information content (AvgIpc) is 3.02. The summed E-state index contributed by atoms with van der Waals surface area (Å²) in [5.41, 5.74) is 10.3. The monoisotopic (exact) mass is 461 g/mol. The summed E-state index contributed by atoms with van der Waals surface area (Å²) in [6.07, 6.45) is 2.92. The summed E-state index contributed by atoms with van der Waals surface area (Å²) in [5.74, 6) is 0.461. The average molecular weight is 461 g/mol. The minimum absolute atomic E-state index is 0. The SMILES string of the molecule is Cc1nn(-c2ccccc2)cc1CN=C(N)NCCc1ccccc1.I. The Morgan fingerprint density at radius 2 is 1.73 bits per heavy atom. The molecule has 1 heterocycles. The van der Waals surface area contributed by atoms with Crippen LogP contribution in [0.3, 0.4) is 0 Å². The van der Waals surface area contributed by atoms with Crippen molar-refractivity contribution in [3.8, 4) is 5.69 Å². The molecule has 6 heteroatoms. The number of aryl methyl sites for hydroxylation is 1. The lowest BCUT2D eigenvalue weighted by Gasteiger charge is -2.05. The molecular weight excluding hydrogens is 437 g/mol. The van der Waals surface area contributed by atoms with Gasteiger partial charge in [-0.25, -0.2) is 9.67 Å². The molecule has 0 saturated heterocycles. The van der Waals surface area contributed by atoms with Crippen LogP contribution in [0, 0.1) is 6.92 Å². The predicted molar refractivity (Wildman–Crippen MR) is 117 cm³/mol. The number of aromatic nitrogens is 2. The molecule has 0 atom stereocenters. The number of para-hydroxylation sites is 1. The summed E-state index contributed by atoms with van der Waals surface area (Å²) in [6.45, 7) is 3.27. The number of benzene rings is 2. The van der Waals surface area contributed by atoms with Gasteiger partial charge in [0.2, 0.25) is 0 Å². The van der Waals surface area contributed by atoms with Crippen LogP contribution in [0.25, 0.3) is 5.69 Å². The van der Waals surface area contributed by atoms with E-state index < -0.39 is 0 Å². The number of nitrogens with two attached hydrogens (primary N) is 1. The number of nitrogens with zero attached hydrogens (tertiary/aromatic N) is 3. The molecule has 26 heavy (non-hydrogen) atoms. The Morgan fingerprint density at radius 3 is 2.42 bits per heavy atom. The lowest BCUT2D eigenvalue weighted by Crippen LogP contribution is -2.33. The molecule has 136 valence electrons.